The van der Waals surface area contributed by atoms with Crippen molar-refractivity contribution in [1.29, 1.82) is 0 Å². The number of aromatic nitrogens is 1. The summed E-state index contributed by atoms with van der Waals surface area (Å²) in [6.45, 7) is -0.0238. The molecule has 0 spiro atoms. The molecule has 5 aromatic rings. The van der Waals surface area contributed by atoms with Crippen LogP contribution in [0.5, 0.6) is 0 Å². The minimum absolute atomic E-state index is 0.0238. The average Bonchev–Trinajstić information content (AvgIpc) is 3.12. The van der Waals surface area contributed by atoms with Gasteiger partial charge in [-0.3, -0.25) is 4.79 Å². The van der Waals surface area contributed by atoms with Crippen molar-refractivity contribution in [3.63, 3.8) is 0 Å². The van der Waals surface area contributed by atoms with E-state index >= 15 is 0 Å². The van der Waals surface area contributed by atoms with E-state index in [0.29, 0.717) is 27.4 Å². The van der Waals surface area contributed by atoms with Crippen LogP contribution in [-0.2, 0) is 12.7 Å². The number of nitrogens with zero attached hydrogens (tertiary/aromatic N) is 1. The molecule has 6 heteroatoms. The van der Waals surface area contributed by atoms with E-state index in [4.69, 9.17) is 5.73 Å². The van der Waals surface area contributed by atoms with Gasteiger partial charge in [-0.2, -0.15) is 13.2 Å². The van der Waals surface area contributed by atoms with Gasteiger partial charge in [0.05, 0.1) is 16.6 Å². The highest BCUT2D eigenvalue weighted by Crippen LogP contribution is 2.37. The fourth-order valence-electron chi connectivity index (χ4n) is 4.33. The molecule has 3 nitrogen and oxygen atoms in total. The maximum atomic E-state index is 13.7. The van der Waals surface area contributed by atoms with Gasteiger partial charge < -0.3 is 10.3 Å². The highest BCUT2D eigenvalue weighted by Gasteiger charge is 2.33. The fraction of sp³-hybridized carbons (Fsp3) is 0.0741. The molecule has 33 heavy (non-hydrogen) atoms. The van der Waals surface area contributed by atoms with Crippen LogP contribution in [0.1, 0.15) is 21.5 Å². The van der Waals surface area contributed by atoms with E-state index in [1.165, 1.54) is 12.1 Å². The second-order valence-electron chi connectivity index (χ2n) is 7.82. The number of benzene rings is 4. The Hall–Kier alpha value is -4.06. The fourth-order valence-corrected chi connectivity index (χ4v) is 4.33. The molecular formula is C27H18F3N2O. The van der Waals surface area contributed by atoms with E-state index in [1.807, 2.05) is 42.5 Å². The Balaban J connectivity index is 1.81. The predicted octanol–water partition coefficient (Wildman–Crippen LogP) is 6.43. The monoisotopic (exact) mass is 443 g/mol. The number of carbonyl (C=O) groups excluding carboxylic acids is 1. The van der Waals surface area contributed by atoms with Crippen molar-refractivity contribution in [3.8, 4) is 11.1 Å². The molecule has 163 valence electrons. The van der Waals surface area contributed by atoms with Gasteiger partial charge in [-0.1, -0.05) is 54.6 Å². The number of hydrogen-bond donors (Lipinski definition) is 1. The molecule has 4 aromatic carbocycles. The van der Waals surface area contributed by atoms with Crippen LogP contribution in [-0.4, -0.2) is 10.5 Å². The Labute approximate surface area is 187 Å². The zero-order valence-electron chi connectivity index (χ0n) is 17.4. The Morgan fingerprint density at radius 3 is 2.33 bits per heavy atom. The molecule has 1 aromatic heterocycles. The van der Waals surface area contributed by atoms with Gasteiger partial charge in [0.25, 0.3) is 0 Å². The second kappa shape index (κ2) is 7.81. The molecule has 0 aliphatic heterocycles. The molecule has 0 aliphatic rings. The Morgan fingerprint density at radius 1 is 0.879 bits per heavy atom. The van der Waals surface area contributed by atoms with Crippen LogP contribution < -0.4 is 5.73 Å². The topological polar surface area (TPSA) is 48.0 Å². The lowest BCUT2D eigenvalue weighted by Crippen LogP contribution is -2.12. The summed E-state index contributed by atoms with van der Waals surface area (Å²) in [7, 11) is 0. The van der Waals surface area contributed by atoms with Gasteiger partial charge in [0.2, 0.25) is 5.91 Å². The third kappa shape index (κ3) is 3.63. The van der Waals surface area contributed by atoms with E-state index in [0.717, 1.165) is 17.2 Å². The number of fused-ring (bicyclic) bond motifs is 3. The summed E-state index contributed by atoms with van der Waals surface area (Å²) in [5, 5.41) is 1.23. The van der Waals surface area contributed by atoms with Gasteiger partial charge in [0, 0.05) is 22.9 Å². The van der Waals surface area contributed by atoms with Crippen LogP contribution in [0.15, 0.2) is 84.9 Å². The molecule has 1 heterocycles. The zero-order valence-corrected chi connectivity index (χ0v) is 17.4. The molecule has 0 aliphatic carbocycles. The minimum Gasteiger partial charge on any atom is -0.366 e. The van der Waals surface area contributed by atoms with Crippen LogP contribution in [0.25, 0.3) is 32.9 Å². The average molecular weight is 443 g/mol. The van der Waals surface area contributed by atoms with Crippen LogP contribution in [0.4, 0.5) is 13.2 Å². The molecule has 1 amide bonds. The molecule has 0 fully saturated rings. The first kappa shape index (κ1) is 20.8. The Morgan fingerprint density at radius 2 is 1.61 bits per heavy atom. The summed E-state index contributed by atoms with van der Waals surface area (Å²) in [4.78, 5) is 12.2. The largest absolute Gasteiger partial charge is 0.416 e. The summed E-state index contributed by atoms with van der Waals surface area (Å²) < 4.78 is 42.8. The number of amides is 1. The van der Waals surface area contributed by atoms with Gasteiger partial charge in [-0.15, -0.1) is 0 Å². The number of halogens is 3. The first-order valence-corrected chi connectivity index (χ1v) is 10.3. The third-order valence-electron chi connectivity index (χ3n) is 5.82. The zero-order chi connectivity index (χ0) is 23.2. The van der Waals surface area contributed by atoms with Crippen molar-refractivity contribution >= 4 is 27.7 Å². The van der Waals surface area contributed by atoms with Gasteiger partial charge in [-0.05, 0) is 53.1 Å². The predicted molar refractivity (Wildman–Crippen MR) is 123 cm³/mol. The molecule has 5 rings (SSSR count). The van der Waals surface area contributed by atoms with E-state index in [-0.39, 0.29) is 12.1 Å². The molecule has 2 N–H and O–H groups in total. The maximum Gasteiger partial charge on any atom is 0.416 e. The van der Waals surface area contributed by atoms with Crippen LogP contribution in [0, 0.1) is 6.07 Å². The molecule has 0 unspecified atom stereocenters. The lowest BCUT2D eigenvalue weighted by Gasteiger charge is -2.15. The highest BCUT2D eigenvalue weighted by atomic mass is 19.4. The van der Waals surface area contributed by atoms with E-state index in [9.17, 15) is 18.0 Å². The quantitative estimate of drug-likeness (QED) is 0.342. The summed E-state index contributed by atoms with van der Waals surface area (Å²) in [6, 6.07) is 27.3. The number of alkyl halides is 3. The molecule has 0 atom stereocenters. The van der Waals surface area contributed by atoms with Crippen molar-refractivity contribution < 1.29 is 18.0 Å². The van der Waals surface area contributed by atoms with E-state index in [1.54, 1.807) is 28.8 Å². The molecule has 0 saturated carbocycles. The van der Waals surface area contributed by atoms with Crippen molar-refractivity contribution in [2.24, 2.45) is 5.73 Å². The highest BCUT2D eigenvalue weighted by molar-refractivity contribution is 6.18. The van der Waals surface area contributed by atoms with Gasteiger partial charge in [0.1, 0.15) is 0 Å². The summed E-state index contributed by atoms with van der Waals surface area (Å²) in [5.41, 5.74) is 8.52. The number of primary amides is 1. The third-order valence-corrected chi connectivity index (χ3v) is 5.82. The Bertz CT molecular complexity index is 1500. The normalized spacial score (nSPS) is 11.8. The van der Waals surface area contributed by atoms with Crippen LogP contribution in [0.2, 0.25) is 0 Å². The van der Waals surface area contributed by atoms with Crippen molar-refractivity contribution in [2.45, 2.75) is 12.7 Å². The Kier molecular flexibility index (Phi) is 4.93. The molecular weight excluding hydrogens is 425 g/mol. The summed E-state index contributed by atoms with van der Waals surface area (Å²) in [6.07, 6.45) is -4.48. The number of carbonyl (C=O) groups is 1. The first-order chi connectivity index (χ1) is 15.8. The van der Waals surface area contributed by atoms with E-state index in [2.05, 4.69) is 6.07 Å². The summed E-state index contributed by atoms with van der Waals surface area (Å²) in [5.74, 6) is -0.601. The van der Waals surface area contributed by atoms with Crippen molar-refractivity contribution in [2.75, 3.05) is 0 Å². The van der Waals surface area contributed by atoms with E-state index < -0.39 is 17.6 Å². The molecule has 0 saturated heterocycles. The lowest BCUT2D eigenvalue weighted by molar-refractivity contribution is -0.138. The lowest BCUT2D eigenvalue weighted by atomic mass is 10.0. The SMILES string of the molecule is NC(=O)c1cccc2c1c1[c]cc(-c3ccccc3)cc1n2Cc1ccccc1C(F)(F)F. The van der Waals surface area contributed by atoms with Gasteiger partial charge in [-0.25, -0.2) is 0 Å². The smallest absolute Gasteiger partial charge is 0.366 e. The first-order valence-electron chi connectivity index (χ1n) is 10.3. The second-order valence-corrected chi connectivity index (χ2v) is 7.82. The van der Waals surface area contributed by atoms with Gasteiger partial charge in [0.15, 0.2) is 0 Å². The van der Waals surface area contributed by atoms with Crippen molar-refractivity contribution in [1.82, 2.24) is 4.57 Å². The number of nitrogens with two attached hydrogens (primary N) is 1. The molecule has 0 bridgehead atoms. The molecule has 1 radical (unpaired) electrons. The summed E-state index contributed by atoms with van der Waals surface area (Å²) >= 11 is 0. The standard InChI is InChI=1S/C27H18F3N2O/c28-27(29,30)22-11-5-4-9-19(22)16-32-23-12-6-10-21(26(31)33)25(23)20-14-13-18(15-24(20)32)17-7-2-1-3-8-17/h1-13,15H,16H2,(H2,31,33). The maximum absolute atomic E-state index is 13.7. The van der Waals surface area contributed by atoms with Crippen molar-refractivity contribution in [3.05, 3.63) is 108 Å². The number of hydrogen-bond acceptors (Lipinski definition) is 1. The van der Waals surface area contributed by atoms with Crippen LogP contribution in [0.3, 0.4) is 0 Å². The number of rotatable bonds is 4. The minimum atomic E-state index is -4.48. The van der Waals surface area contributed by atoms with Gasteiger partial charge >= 0.3 is 6.18 Å². The van der Waals surface area contributed by atoms with Crippen LogP contribution >= 0.6 is 0 Å².